The van der Waals surface area contributed by atoms with Gasteiger partial charge in [-0.25, -0.2) is 0 Å². The number of rotatable bonds is 5. The SMILES string of the molecule is CC[C@@H](C=C[C@@H](C)[C@H]1CC[C@H]2[C@@H]3CC=C4CC(O)(O)CC[C@]4(C)[C@H]3CC[C@]12C)C(C)C. The Hall–Kier alpha value is -0.600. The maximum absolute atomic E-state index is 10.3. The van der Waals surface area contributed by atoms with E-state index in [9.17, 15) is 10.2 Å². The summed E-state index contributed by atoms with van der Waals surface area (Å²) in [5, 5.41) is 20.5. The molecule has 3 saturated carbocycles. The second-order valence-corrected chi connectivity index (χ2v) is 12.7. The molecule has 176 valence electrons. The molecule has 31 heavy (non-hydrogen) atoms. The third kappa shape index (κ3) is 3.99. The first kappa shape index (κ1) is 23.6. The van der Waals surface area contributed by atoms with Crippen LogP contribution in [-0.4, -0.2) is 16.0 Å². The van der Waals surface area contributed by atoms with E-state index in [0.29, 0.717) is 30.1 Å². The lowest BCUT2D eigenvalue weighted by Crippen LogP contribution is -2.52. The van der Waals surface area contributed by atoms with Crippen LogP contribution in [0, 0.1) is 52.3 Å². The summed E-state index contributed by atoms with van der Waals surface area (Å²) in [4.78, 5) is 0. The first-order valence-electron chi connectivity index (χ1n) is 13.3. The van der Waals surface area contributed by atoms with Crippen molar-refractivity contribution >= 4 is 0 Å². The van der Waals surface area contributed by atoms with Crippen molar-refractivity contribution in [3.63, 3.8) is 0 Å². The zero-order chi connectivity index (χ0) is 22.6. The van der Waals surface area contributed by atoms with Gasteiger partial charge in [-0.3, -0.25) is 0 Å². The fraction of sp³-hybridized carbons (Fsp3) is 0.862. The summed E-state index contributed by atoms with van der Waals surface area (Å²) in [6, 6.07) is 0. The first-order chi connectivity index (χ1) is 14.5. The molecule has 0 saturated heterocycles. The van der Waals surface area contributed by atoms with Crippen molar-refractivity contribution in [1.82, 2.24) is 0 Å². The summed E-state index contributed by atoms with van der Waals surface area (Å²) in [7, 11) is 0. The van der Waals surface area contributed by atoms with E-state index in [1.54, 1.807) is 0 Å². The van der Waals surface area contributed by atoms with Gasteiger partial charge in [-0.2, -0.15) is 0 Å². The summed E-state index contributed by atoms with van der Waals surface area (Å²) in [5.41, 5.74) is 2.01. The van der Waals surface area contributed by atoms with Crippen molar-refractivity contribution in [2.75, 3.05) is 0 Å². The van der Waals surface area contributed by atoms with Gasteiger partial charge in [0.25, 0.3) is 0 Å². The van der Waals surface area contributed by atoms with Gasteiger partial charge in [0.1, 0.15) is 0 Å². The highest BCUT2D eigenvalue weighted by Crippen LogP contribution is 2.67. The van der Waals surface area contributed by atoms with Crippen LogP contribution < -0.4 is 0 Å². The van der Waals surface area contributed by atoms with E-state index in [2.05, 4.69) is 59.8 Å². The molecule has 0 bridgehead atoms. The van der Waals surface area contributed by atoms with Crippen LogP contribution >= 0.6 is 0 Å². The van der Waals surface area contributed by atoms with Crippen LogP contribution in [0.3, 0.4) is 0 Å². The molecular formula is C29H48O2. The summed E-state index contributed by atoms with van der Waals surface area (Å²) in [6.45, 7) is 14.6. The fourth-order valence-corrected chi connectivity index (χ4v) is 8.82. The predicted octanol–water partition coefficient (Wildman–Crippen LogP) is 7.12. The van der Waals surface area contributed by atoms with Crippen LogP contribution in [0.2, 0.25) is 0 Å². The maximum Gasteiger partial charge on any atom is 0.166 e. The molecule has 0 aliphatic heterocycles. The van der Waals surface area contributed by atoms with E-state index < -0.39 is 5.79 Å². The average Bonchev–Trinajstić information content (AvgIpc) is 3.06. The van der Waals surface area contributed by atoms with Crippen molar-refractivity contribution in [2.45, 2.75) is 105 Å². The van der Waals surface area contributed by atoms with Crippen molar-refractivity contribution in [2.24, 2.45) is 52.3 Å². The third-order valence-electron chi connectivity index (χ3n) is 10.8. The Morgan fingerprint density at radius 2 is 1.74 bits per heavy atom. The molecule has 8 atom stereocenters. The molecule has 4 aliphatic rings. The molecule has 0 unspecified atom stereocenters. The summed E-state index contributed by atoms with van der Waals surface area (Å²) in [5.74, 6) is 3.80. The molecule has 2 N–H and O–H groups in total. The van der Waals surface area contributed by atoms with Gasteiger partial charge in [0, 0.05) is 12.8 Å². The average molecular weight is 429 g/mol. The fourth-order valence-electron chi connectivity index (χ4n) is 8.82. The lowest BCUT2D eigenvalue weighted by atomic mass is 9.47. The lowest BCUT2D eigenvalue weighted by molar-refractivity contribution is -0.188. The smallest absolute Gasteiger partial charge is 0.166 e. The van der Waals surface area contributed by atoms with E-state index in [0.717, 1.165) is 42.4 Å². The highest BCUT2D eigenvalue weighted by Gasteiger charge is 2.59. The van der Waals surface area contributed by atoms with E-state index in [1.165, 1.54) is 37.7 Å². The number of aliphatic hydroxyl groups is 2. The molecular weight excluding hydrogens is 380 g/mol. The molecule has 0 heterocycles. The van der Waals surface area contributed by atoms with E-state index >= 15 is 0 Å². The van der Waals surface area contributed by atoms with E-state index in [1.807, 2.05) is 0 Å². The monoisotopic (exact) mass is 428 g/mol. The van der Waals surface area contributed by atoms with Crippen LogP contribution in [0.5, 0.6) is 0 Å². The van der Waals surface area contributed by atoms with Crippen LogP contribution in [0.15, 0.2) is 23.8 Å². The Balaban J connectivity index is 1.53. The second kappa shape index (κ2) is 8.32. The molecule has 0 spiro atoms. The maximum atomic E-state index is 10.3. The van der Waals surface area contributed by atoms with Crippen LogP contribution in [0.1, 0.15) is 99.3 Å². The standard InChI is InChI=1S/C29H48O2/c1-7-21(19(2)3)9-8-20(4)24-12-13-25-23-11-10-22-18-29(30,31)17-16-27(22,5)26(23)14-15-28(24,25)6/h8-10,19-21,23-26,30-31H,7,11-18H2,1-6H3/t20-,21+,23+,24-,25+,26+,27+,28-/m1/s1. The minimum atomic E-state index is -1.48. The Morgan fingerprint density at radius 1 is 1.00 bits per heavy atom. The van der Waals surface area contributed by atoms with Gasteiger partial charge in [0.05, 0.1) is 0 Å². The quantitative estimate of drug-likeness (QED) is 0.361. The normalized spacial score (nSPS) is 43.8. The second-order valence-electron chi connectivity index (χ2n) is 12.7. The molecule has 0 amide bonds. The van der Waals surface area contributed by atoms with Crippen molar-refractivity contribution < 1.29 is 10.2 Å². The van der Waals surface area contributed by atoms with Crippen LogP contribution in [0.4, 0.5) is 0 Å². The van der Waals surface area contributed by atoms with Crippen molar-refractivity contribution in [1.29, 1.82) is 0 Å². The molecule has 0 radical (unpaired) electrons. The van der Waals surface area contributed by atoms with Gasteiger partial charge in [-0.1, -0.05) is 65.3 Å². The summed E-state index contributed by atoms with van der Waals surface area (Å²) < 4.78 is 0. The summed E-state index contributed by atoms with van der Waals surface area (Å²) in [6.07, 6.45) is 17.3. The minimum absolute atomic E-state index is 0.189. The van der Waals surface area contributed by atoms with Crippen LogP contribution in [-0.2, 0) is 0 Å². The van der Waals surface area contributed by atoms with Crippen LogP contribution in [0.25, 0.3) is 0 Å². The number of hydrogen-bond acceptors (Lipinski definition) is 2. The Kier molecular flexibility index (Phi) is 6.32. The molecule has 0 aromatic rings. The topological polar surface area (TPSA) is 40.5 Å². The minimum Gasteiger partial charge on any atom is -0.365 e. The number of allylic oxidation sites excluding steroid dienone is 3. The number of fused-ring (bicyclic) bond motifs is 5. The highest BCUT2D eigenvalue weighted by molar-refractivity contribution is 5.26. The lowest BCUT2D eigenvalue weighted by Gasteiger charge is -2.59. The zero-order valence-corrected chi connectivity index (χ0v) is 21.0. The van der Waals surface area contributed by atoms with Gasteiger partial charge in [-0.15, -0.1) is 0 Å². The largest absolute Gasteiger partial charge is 0.365 e. The molecule has 0 aromatic carbocycles. The first-order valence-corrected chi connectivity index (χ1v) is 13.3. The molecule has 0 aromatic heterocycles. The van der Waals surface area contributed by atoms with Gasteiger partial charge in [0.15, 0.2) is 5.79 Å². The van der Waals surface area contributed by atoms with Gasteiger partial charge in [0.2, 0.25) is 0 Å². The molecule has 2 heteroatoms. The van der Waals surface area contributed by atoms with Crippen molar-refractivity contribution in [3.8, 4) is 0 Å². The molecule has 2 nitrogen and oxygen atoms in total. The molecule has 4 rings (SSSR count). The zero-order valence-electron chi connectivity index (χ0n) is 21.0. The Morgan fingerprint density at radius 3 is 2.42 bits per heavy atom. The predicted molar refractivity (Wildman–Crippen MR) is 129 cm³/mol. The van der Waals surface area contributed by atoms with E-state index in [4.69, 9.17) is 0 Å². The van der Waals surface area contributed by atoms with E-state index in [-0.39, 0.29) is 5.41 Å². The number of hydrogen-bond donors (Lipinski definition) is 2. The molecule has 4 aliphatic carbocycles. The Bertz CT molecular complexity index is 718. The Labute approximate surface area is 191 Å². The van der Waals surface area contributed by atoms with Gasteiger partial charge in [-0.05, 0) is 97.2 Å². The highest BCUT2D eigenvalue weighted by atomic mass is 16.5. The third-order valence-corrected chi connectivity index (χ3v) is 10.8. The van der Waals surface area contributed by atoms with Gasteiger partial charge < -0.3 is 10.2 Å². The molecule has 3 fully saturated rings. The summed E-state index contributed by atoms with van der Waals surface area (Å²) >= 11 is 0. The van der Waals surface area contributed by atoms with Gasteiger partial charge >= 0.3 is 0 Å². The van der Waals surface area contributed by atoms with Crippen molar-refractivity contribution in [3.05, 3.63) is 23.8 Å².